The molecule has 64 heavy (non-hydrogen) atoms. The van der Waals surface area contributed by atoms with E-state index in [0.29, 0.717) is 36.8 Å². The van der Waals surface area contributed by atoms with Gasteiger partial charge in [0.25, 0.3) is 0 Å². The van der Waals surface area contributed by atoms with E-state index in [1.807, 2.05) is 0 Å². The van der Waals surface area contributed by atoms with E-state index in [4.69, 9.17) is 17.0 Å². The quantitative estimate of drug-likeness (QED) is 0.0603. The molecule has 2 N–H and O–H groups in total. The maximum absolute atomic E-state index is 11.5. The monoisotopic (exact) mass is 922 g/mol. The molecular weight excluding hydrogens is 835 g/mol. The van der Waals surface area contributed by atoms with Gasteiger partial charge in [-0.15, -0.1) is 0 Å². The van der Waals surface area contributed by atoms with Crippen LogP contribution in [0.4, 0.5) is 0 Å². The first-order chi connectivity index (χ1) is 30.6. The van der Waals surface area contributed by atoms with Crippen LogP contribution in [0.25, 0.3) is 0 Å². The molecule has 11 heteroatoms. The lowest BCUT2D eigenvalue weighted by Gasteiger charge is -2.45. The van der Waals surface area contributed by atoms with E-state index in [-0.39, 0.29) is 22.7 Å². The highest BCUT2D eigenvalue weighted by Gasteiger charge is 2.59. The van der Waals surface area contributed by atoms with Gasteiger partial charge in [0.05, 0.1) is 21.6 Å². The minimum absolute atomic E-state index is 0.0173. The maximum atomic E-state index is 11.5. The predicted molar refractivity (Wildman–Crippen MR) is 266 cm³/mol. The second-order valence-electron chi connectivity index (χ2n) is 22.4. The summed E-state index contributed by atoms with van der Waals surface area (Å²) in [6, 6.07) is 1.07. The second-order valence-corrected chi connectivity index (χ2v) is 24.3. The van der Waals surface area contributed by atoms with Crippen LogP contribution in [0.1, 0.15) is 169 Å². The first-order valence-electron chi connectivity index (χ1n) is 26.2. The molecule has 7 rings (SSSR count). The fourth-order valence-corrected chi connectivity index (χ4v) is 14.8. The van der Waals surface area contributed by atoms with Crippen molar-refractivity contribution in [2.45, 2.75) is 187 Å². The minimum atomic E-state index is -4.20. The van der Waals surface area contributed by atoms with Crippen LogP contribution in [-0.4, -0.2) is 109 Å². The van der Waals surface area contributed by atoms with Crippen LogP contribution in [0.15, 0.2) is 46.9 Å². The first kappa shape index (κ1) is 49.7. The van der Waals surface area contributed by atoms with Crippen molar-refractivity contribution in [1.29, 1.82) is 0 Å². The van der Waals surface area contributed by atoms with Crippen molar-refractivity contribution < 1.29 is 22.3 Å². The predicted octanol–water partition coefficient (Wildman–Crippen LogP) is 10.3. The Bertz CT molecular complexity index is 1870. The molecule has 0 bridgehead atoms. The van der Waals surface area contributed by atoms with E-state index in [9.17, 15) is 13.0 Å². The molecule has 0 aromatic heterocycles. The molecule has 1 saturated heterocycles. The number of hydrogen-bond donors (Lipinski definition) is 2. The third-order valence-corrected chi connectivity index (χ3v) is 18.2. The molecule has 360 valence electrons. The topological polar surface area (TPSA) is 100.0 Å². The zero-order valence-electron chi connectivity index (χ0n) is 40.9. The van der Waals surface area contributed by atoms with Crippen LogP contribution in [0.3, 0.4) is 0 Å². The molecule has 0 aromatic carbocycles. The average Bonchev–Trinajstić information content (AvgIpc) is 3.62. The number of rotatable bonds is 18. The van der Waals surface area contributed by atoms with Crippen LogP contribution in [-0.2, 0) is 14.9 Å². The van der Waals surface area contributed by atoms with Gasteiger partial charge >= 0.3 is 0 Å². The Morgan fingerprint density at radius 2 is 1.55 bits per heavy atom. The van der Waals surface area contributed by atoms with Gasteiger partial charge in [0.15, 0.2) is 16.9 Å². The molecule has 5 aliphatic carbocycles. The molecule has 0 amide bonds. The summed E-state index contributed by atoms with van der Waals surface area (Å²) in [5.74, 6) is 3.83. The summed E-state index contributed by atoms with van der Waals surface area (Å²) in [5, 5.41) is 7.73. The highest BCUT2D eigenvalue weighted by atomic mass is 32.2. The SMILES string of the molecule is CN(C)CCCNC(=S)NCCC[N+]1=C(/C=C/C2=C(OC3CCCCC3)C(=C/C=C3/N(CCCCS(=O)(=O)[O-])C4CCCCC4C3(C)C)/CCC2)C(C)(C)C2C3CCCCC3CCC21. The maximum Gasteiger partial charge on any atom is 0.182 e. The normalized spacial score (nSPS) is 30.9. The molecule has 6 atom stereocenters. The molecule has 2 aliphatic heterocycles. The van der Waals surface area contributed by atoms with E-state index in [0.717, 1.165) is 100 Å². The summed E-state index contributed by atoms with van der Waals surface area (Å²) in [7, 11) is 0.0294. The number of nitrogens with zero attached hydrogens (tertiary/aromatic N) is 3. The molecule has 4 saturated carbocycles. The smallest absolute Gasteiger partial charge is 0.182 e. The molecule has 0 aromatic rings. The van der Waals surface area contributed by atoms with Crippen LogP contribution < -0.4 is 10.6 Å². The number of nitrogens with one attached hydrogen (secondary N) is 2. The van der Waals surface area contributed by atoms with Gasteiger partial charge in [0.1, 0.15) is 12.3 Å². The number of ether oxygens (including phenoxy) is 1. The lowest BCUT2D eigenvalue weighted by atomic mass is 9.57. The van der Waals surface area contributed by atoms with Crippen molar-refractivity contribution >= 4 is 33.2 Å². The van der Waals surface area contributed by atoms with Crippen molar-refractivity contribution in [2.75, 3.05) is 52.6 Å². The van der Waals surface area contributed by atoms with Crippen molar-refractivity contribution in [1.82, 2.24) is 20.4 Å². The van der Waals surface area contributed by atoms with Crippen LogP contribution in [0.2, 0.25) is 0 Å². The fraction of sp³-hybridized carbons (Fsp3) is 0.811. The van der Waals surface area contributed by atoms with Crippen molar-refractivity contribution in [3.8, 4) is 0 Å². The number of unbranched alkanes of at least 4 members (excludes halogenated alkanes) is 1. The summed E-state index contributed by atoms with van der Waals surface area (Å²) < 4.78 is 44.5. The zero-order valence-corrected chi connectivity index (χ0v) is 42.6. The first-order valence-corrected chi connectivity index (χ1v) is 28.1. The minimum Gasteiger partial charge on any atom is -0.748 e. The van der Waals surface area contributed by atoms with Gasteiger partial charge in [-0.05, 0) is 178 Å². The second kappa shape index (κ2) is 22.3. The lowest BCUT2D eigenvalue weighted by Crippen LogP contribution is -2.46. The van der Waals surface area contributed by atoms with Gasteiger partial charge in [0.2, 0.25) is 0 Å². The molecule has 0 radical (unpaired) electrons. The molecule has 6 unspecified atom stereocenters. The van der Waals surface area contributed by atoms with Gasteiger partial charge in [-0.3, -0.25) is 0 Å². The molecule has 2 heterocycles. The zero-order chi connectivity index (χ0) is 45.5. The summed E-state index contributed by atoms with van der Waals surface area (Å²) in [4.78, 5) is 4.83. The Balaban J connectivity index is 1.18. The van der Waals surface area contributed by atoms with Crippen LogP contribution in [0, 0.1) is 34.5 Å². The molecule has 5 fully saturated rings. The summed E-state index contributed by atoms with van der Waals surface area (Å²) in [6.07, 6.45) is 35.8. The highest BCUT2D eigenvalue weighted by molar-refractivity contribution is 7.85. The Hall–Kier alpha value is -2.21. The van der Waals surface area contributed by atoms with Gasteiger partial charge in [-0.1, -0.05) is 58.4 Å². The van der Waals surface area contributed by atoms with Crippen molar-refractivity contribution in [3.63, 3.8) is 0 Å². The van der Waals surface area contributed by atoms with Crippen LogP contribution in [0.5, 0.6) is 0 Å². The number of likely N-dealkylation sites (tertiary alicyclic amines) is 1. The average molecular weight is 922 g/mol. The van der Waals surface area contributed by atoms with Crippen molar-refractivity contribution in [3.05, 3.63) is 46.9 Å². The third-order valence-electron chi connectivity index (χ3n) is 17.1. The Morgan fingerprint density at radius 3 is 2.31 bits per heavy atom. The lowest BCUT2D eigenvalue weighted by molar-refractivity contribution is -0.569. The van der Waals surface area contributed by atoms with E-state index < -0.39 is 10.1 Å². The Morgan fingerprint density at radius 1 is 0.828 bits per heavy atom. The molecule has 9 nitrogen and oxygen atoms in total. The third kappa shape index (κ3) is 12.1. The van der Waals surface area contributed by atoms with Gasteiger partial charge in [-0.25, -0.2) is 13.0 Å². The van der Waals surface area contributed by atoms with Crippen LogP contribution >= 0.6 is 12.2 Å². The number of allylic oxidation sites excluding steroid dienone is 7. The molecular formula is C53H87N5O4S2. The fourth-order valence-electron chi connectivity index (χ4n) is 14.0. The highest BCUT2D eigenvalue weighted by Crippen LogP contribution is 2.56. The Kier molecular flexibility index (Phi) is 17.3. The van der Waals surface area contributed by atoms with Gasteiger partial charge in [-0.2, -0.15) is 0 Å². The standard InChI is InChI=1S/C53H87N5O4S2/c1-52(2)44-25-12-13-26-45(44)57(36-14-15-38-64(59,60)61)47(52)31-28-40-20-16-21-41(50(40)62-42-22-8-7-9-23-42)29-32-48-53(3,4)49-43-24-11-10-19-39(43)27-30-46(49)58(48)37-18-34-55-51(63)54-33-17-35-56(5)6/h28-29,31-32,39,42-46,49H,7-27,30,33-38H2,1-6H3,(H2-,54,55,59,60,61,63). The van der Waals surface area contributed by atoms with Crippen molar-refractivity contribution in [2.24, 2.45) is 34.5 Å². The molecule has 0 spiro atoms. The summed E-state index contributed by atoms with van der Waals surface area (Å²) in [5.41, 5.74) is 5.70. The van der Waals surface area contributed by atoms with E-state index >= 15 is 0 Å². The summed E-state index contributed by atoms with van der Waals surface area (Å²) in [6.45, 7) is 14.7. The van der Waals surface area contributed by atoms with Gasteiger partial charge in [0, 0.05) is 67.4 Å². The van der Waals surface area contributed by atoms with E-state index in [1.54, 1.807) is 0 Å². The number of thiocarbonyl (C=S) groups is 1. The largest absolute Gasteiger partial charge is 0.748 e. The van der Waals surface area contributed by atoms with E-state index in [2.05, 4.69) is 91.1 Å². The van der Waals surface area contributed by atoms with E-state index in [1.165, 1.54) is 106 Å². The summed E-state index contributed by atoms with van der Waals surface area (Å²) >= 11 is 5.69. The Labute approximate surface area is 395 Å². The number of hydrogen-bond acceptors (Lipinski definition) is 7. The van der Waals surface area contributed by atoms with Gasteiger partial charge < -0.3 is 29.7 Å². The number of fused-ring (bicyclic) bond motifs is 4. The molecule has 7 aliphatic rings.